The van der Waals surface area contributed by atoms with E-state index in [9.17, 15) is 4.39 Å². The van der Waals surface area contributed by atoms with E-state index in [4.69, 9.17) is 16.3 Å². The Morgan fingerprint density at radius 3 is 2.94 bits per heavy atom. The quantitative estimate of drug-likeness (QED) is 0.766. The number of rotatable bonds is 3. The molecule has 0 saturated heterocycles. The molecule has 1 heterocycles. The number of hydrogen-bond donors (Lipinski definition) is 0. The standard InChI is InChI=1S/C13H15ClFNO/c1-9-4-2-3-5-10(9)8-17-13-12(15)6-11(14)7-16-13/h2-3,6-7,9-10H,4-5,8H2,1H3. The summed E-state index contributed by atoms with van der Waals surface area (Å²) >= 11 is 5.62. The lowest BCUT2D eigenvalue weighted by atomic mass is 9.85. The number of aromatic nitrogens is 1. The average Bonchev–Trinajstić information content (AvgIpc) is 2.30. The molecule has 0 radical (unpaired) electrons. The van der Waals surface area contributed by atoms with Crippen molar-refractivity contribution in [1.29, 1.82) is 0 Å². The van der Waals surface area contributed by atoms with Gasteiger partial charge < -0.3 is 4.74 Å². The fourth-order valence-corrected chi connectivity index (χ4v) is 2.08. The summed E-state index contributed by atoms with van der Waals surface area (Å²) in [5, 5.41) is 0.281. The van der Waals surface area contributed by atoms with Crippen molar-refractivity contribution in [3.63, 3.8) is 0 Å². The van der Waals surface area contributed by atoms with Crippen LogP contribution in [0.2, 0.25) is 5.02 Å². The second kappa shape index (κ2) is 5.50. The first-order chi connectivity index (χ1) is 8.16. The summed E-state index contributed by atoms with van der Waals surface area (Å²) in [7, 11) is 0. The highest BCUT2D eigenvalue weighted by molar-refractivity contribution is 6.30. The van der Waals surface area contributed by atoms with Crippen molar-refractivity contribution in [2.24, 2.45) is 11.8 Å². The van der Waals surface area contributed by atoms with Crippen molar-refractivity contribution in [2.75, 3.05) is 6.61 Å². The molecule has 0 aromatic carbocycles. The molecule has 0 amide bonds. The Balaban J connectivity index is 1.95. The zero-order chi connectivity index (χ0) is 12.3. The van der Waals surface area contributed by atoms with Gasteiger partial charge in [-0.2, -0.15) is 0 Å². The Morgan fingerprint density at radius 1 is 1.47 bits per heavy atom. The van der Waals surface area contributed by atoms with E-state index < -0.39 is 5.82 Å². The molecular weight excluding hydrogens is 241 g/mol. The van der Waals surface area contributed by atoms with Crippen LogP contribution in [0.1, 0.15) is 19.8 Å². The Morgan fingerprint density at radius 2 is 2.24 bits per heavy atom. The second-order valence-corrected chi connectivity index (χ2v) is 4.87. The molecule has 17 heavy (non-hydrogen) atoms. The van der Waals surface area contributed by atoms with Crippen molar-refractivity contribution in [2.45, 2.75) is 19.8 Å². The lowest BCUT2D eigenvalue weighted by molar-refractivity contribution is 0.186. The Hall–Kier alpha value is -1.09. The summed E-state index contributed by atoms with van der Waals surface area (Å²) in [5.41, 5.74) is 0. The first-order valence-electron chi connectivity index (χ1n) is 5.75. The molecule has 0 N–H and O–H groups in total. The van der Waals surface area contributed by atoms with Gasteiger partial charge in [-0.05, 0) is 30.7 Å². The van der Waals surface area contributed by atoms with Gasteiger partial charge in [0, 0.05) is 6.20 Å². The van der Waals surface area contributed by atoms with Gasteiger partial charge in [-0.3, -0.25) is 0 Å². The van der Waals surface area contributed by atoms with E-state index in [1.807, 2.05) is 0 Å². The number of allylic oxidation sites excluding steroid dienone is 2. The molecular formula is C13H15ClFNO. The molecule has 0 spiro atoms. The lowest BCUT2D eigenvalue weighted by Crippen LogP contribution is -2.21. The van der Waals surface area contributed by atoms with Crippen molar-refractivity contribution >= 4 is 11.6 Å². The summed E-state index contributed by atoms with van der Waals surface area (Å²) in [6.45, 7) is 2.68. The zero-order valence-corrected chi connectivity index (χ0v) is 10.5. The number of halogens is 2. The van der Waals surface area contributed by atoms with Crippen LogP contribution in [0.3, 0.4) is 0 Å². The minimum Gasteiger partial charge on any atom is -0.475 e. The van der Waals surface area contributed by atoms with Gasteiger partial charge in [0.1, 0.15) is 0 Å². The van der Waals surface area contributed by atoms with Crippen LogP contribution in [0.15, 0.2) is 24.4 Å². The summed E-state index contributed by atoms with van der Waals surface area (Å²) in [6, 6.07) is 1.22. The minimum atomic E-state index is -0.503. The normalized spacial score (nSPS) is 23.7. The van der Waals surface area contributed by atoms with Crippen LogP contribution in [0.25, 0.3) is 0 Å². The predicted octanol–water partition coefficient (Wildman–Crippen LogP) is 3.86. The molecule has 2 rings (SSSR count). The van der Waals surface area contributed by atoms with Gasteiger partial charge in [0.2, 0.25) is 5.88 Å². The fraction of sp³-hybridized carbons (Fsp3) is 0.462. The van der Waals surface area contributed by atoms with E-state index in [1.54, 1.807) is 0 Å². The van der Waals surface area contributed by atoms with Crippen molar-refractivity contribution in [3.8, 4) is 5.88 Å². The third-order valence-corrected chi connectivity index (χ3v) is 3.33. The molecule has 92 valence electrons. The number of hydrogen-bond acceptors (Lipinski definition) is 2. The van der Waals surface area contributed by atoms with Crippen LogP contribution in [-0.2, 0) is 0 Å². The molecule has 0 aliphatic heterocycles. The van der Waals surface area contributed by atoms with Gasteiger partial charge in [-0.15, -0.1) is 0 Å². The maximum absolute atomic E-state index is 13.4. The van der Waals surface area contributed by atoms with Gasteiger partial charge in [0.05, 0.1) is 11.6 Å². The lowest BCUT2D eigenvalue weighted by Gasteiger charge is -2.24. The predicted molar refractivity (Wildman–Crippen MR) is 65.7 cm³/mol. The third-order valence-electron chi connectivity index (χ3n) is 3.13. The second-order valence-electron chi connectivity index (χ2n) is 4.43. The van der Waals surface area contributed by atoms with E-state index >= 15 is 0 Å². The fourth-order valence-electron chi connectivity index (χ4n) is 1.93. The maximum atomic E-state index is 13.4. The highest BCUT2D eigenvalue weighted by Gasteiger charge is 2.19. The summed E-state index contributed by atoms with van der Waals surface area (Å²) in [6.07, 6.45) is 7.77. The SMILES string of the molecule is CC1CC=CCC1COc1ncc(Cl)cc1F. The van der Waals surface area contributed by atoms with Crippen LogP contribution in [0, 0.1) is 17.7 Å². The maximum Gasteiger partial charge on any atom is 0.250 e. The Bertz CT molecular complexity index is 422. The minimum absolute atomic E-state index is 0.0381. The van der Waals surface area contributed by atoms with Crippen molar-refractivity contribution in [1.82, 2.24) is 4.98 Å². The molecule has 1 aliphatic carbocycles. The molecule has 1 aromatic rings. The van der Waals surface area contributed by atoms with Crippen LogP contribution >= 0.6 is 11.6 Å². The van der Waals surface area contributed by atoms with Crippen LogP contribution in [-0.4, -0.2) is 11.6 Å². The highest BCUT2D eigenvalue weighted by Crippen LogP contribution is 2.26. The molecule has 0 bridgehead atoms. The third kappa shape index (κ3) is 3.19. The molecule has 2 unspecified atom stereocenters. The van der Waals surface area contributed by atoms with E-state index in [0.29, 0.717) is 18.4 Å². The summed E-state index contributed by atoms with van der Waals surface area (Å²) < 4.78 is 18.8. The average molecular weight is 256 g/mol. The highest BCUT2D eigenvalue weighted by atomic mass is 35.5. The van der Waals surface area contributed by atoms with Crippen LogP contribution in [0.4, 0.5) is 4.39 Å². The Kier molecular flexibility index (Phi) is 4.00. The first kappa shape index (κ1) is 12.4. The smallest absolute Gasteiger partial charge is 0.250 e. The van der Waals surface area contributed by atoms with Gasteiger partial charge >= 0.3 is 0 Å². The van der Waals surface area contributed by atoms with Crippen molar-refractivity contribution in [3.05, 3.63) is 35.3 Å². The van der Waals surface area contributed by atoms with Gasteiger partial charge in [-0.25, -0.2) is 9.37 Å². The molecule has 4 heteroatoms. The number of nitrogens with zero attached hydrogens (tertiary/aromatic N) is 1. The van der Waals surface area contributed by atoms with E-state index in [2.05, 4.69) is 24.1 Å². The van der Waals surface area contributed by atoms with Crippen LogP contribution < -0.4 is 4.74 Å². The first-order valence-corrected chi connectivity index (χ1v) is 6.13. The summed E-state index contributed by atoms with van der Waals surface area (Å²) in [5.74, 6) is 0.528. The van der Waals surface area contributed by atoms with Crippen molar-refractivity contribution < 1.29 is 9.13 Å². The molecule has 1 aliphatic rings. The van der Waals surface area contributed by atoms with Gasteiger partial charge in [0.25, 0.3) is 0 Å². The van der Waals surface area contributed by atoms with E-state index in [0.717, 1.165) is 12.8 Å². The molecule has 1 aromatic heterocycles. The molecule has 0 saturated carbocycles. The van der Waals surface area contributed by atoms with Gasteiger partial charge in [-0.1, -0.05) is 30.7 Å². The largest absolute Gasteiger partial charge is 0.475 e. The zero-order valence-electron chi connectivity index (χ0n) is 9.70. The molecule has 2 atom stereocenters. The molecule has 0 fully saturated rings. The Labute approximate surface area is 105 Å². The topological polar surface area (TPSA) is 22.1 Å². The van der Waals surface area contributed by atoms with Crippen LogP contribution in [0.5, 0.6) is 5.88 Å². The monoisotopic (exact) mass is 255 g/mol. The van der Waals surface area contributed by atoms with E-state index in [-0.39, 0.29) is 10.9 Å². The number of pyridine rings is 1. The van der Waals surface area contributed by atoms with E-state index in [1.165, 1.54) is 12.3 Å². The summed E-state index contributed by atoms with van der Waals surface area (Å²) in [4.78, 5) is 3.84. The van der Waals surface area contributed by atoms with Gasteiger partial charge in [0.15, 0.2) is 5.82 Å². The molecule has 2 nitrogen and oxygen atoms in total. The number of ether oxygens (including phenoxy) is 1.